The second kappa shape index (κ2) is 9.04. The predicted octanol–water partition coefficient (Wildman–Crippen LogP) is 7.17. The average Bonchev–Trinajstić information content (AvgIpc) is 2.73. The zero-order valence-corrected chi connectivity index (χ0v) is 19.9. The maximum Gasteiger partial charge on any atom is 0.180 e. The fourth-order valence-corrected chi connectivity index (χ4v) is 7.06. The summed E-state index contributed by atoms with van der Waals surface area (Å²) in [7, 11) is 0. The molecule has 0 aromatic heterocycles. The van der Waals surface area contributed by atoms with E-state index < -0.39 is 5.82 Å². The SMILES string of the molecule is CCOc1cc(CNC23CC4CC(CC(C4)C2)C3)cc(Cl)c1OCc1c(F)cccc1Cl. The third-order valence-electron chi connectivity index (χ3n) is 7.50. The van der Waals surface area contributed by atoms with E-state index in [1.165, 1.54) is 44.6 Å². The Morgan fingerprint density at radius 2 is 1.69 bits per heavy atom. The van der Waals surface area contributed by atoms with E-state index in [2.05, 4.69) is 5.32 Å². The summed E-state index contributed by atoms with van der Waals surface area (Å²) in [5.41, 5.74) is 1.66. The van der Waals surface area contributed by atoms with Gasteiger partial charge in [-0.2, -0.15) is 0 Å². The first-order valence-electron chi connectivity index (χ1n) is 11.7. The van der Waals surface area contributed by atoms with Crippen molar-refractivity contribution in [2.75, 3.05) is 6.61 Å². The van der Waals surface area contributed by atoms with Gasteiger partial charge in [0.05, 0.1) is 16.7 Å². The molecular formula is C26H30Cl2FNO2. The Morgan fingerprint density at radius 1 is 1.00 bits per heavy atom. The number of halogens is 3. The quantitative estimate of drug-likeness (QED) is 0.436. The van der Waals surface area contributed by atoms with Crippen molar-refractivity contribution in [3.05, 3.63) is 57.3 Å². The summed E-state index contributed by atoms with van der Waals surface area (Å²) in [4.78, 5) is 0. The molecule has 0 amide bonds. The molecule has 0 aliphatic heterocycles. The van der Waals surface area contributed by atoms with Crippen LogP contribution in [0.15, 0.2) is 30.3 Å². The van der Waals surface area contributed by atoms with Crippen LogP contribution in [-0.4, -0.2) is 12.1 Å². The highest BCUT2D eigenvalue weighted by Crippen LogP contribution is 2.55. The Bertz CT molecular complexity index is 940. The largest absolute Gasteiger partial charge is 0.490 e. The molecule has 1 N–H and O–H groups in total. The van der Waals surface area contributed by atoms with Gasteiger partial charge < -0.3 is 14.8 Å². The summed E-state index contributed by atoms with van der Waals surface area (Å²) < 4.78 is 25.9. The molecule has 2 aromatic rings. The molecular weight excluding hydrogens is 448 g/mol. The topological polar surface area (TPSA) is 30.5 Å². The van der Waals surface area contributed by atoms with Gasteiger partial charge >= 0.3 is 0 Å². The third kappa shape index (κ3) is 4.47. The summed E-state index contributed by atoms with van der Waals surface area (Å²) in [6, 6.07) is 8.50. The number of nitrogens with one attached hydrogen (secondary N) is 1. The minimum absolute atomic E-state index is 0.0177. The van der Waals surface area contributed by atoms with Gasteiger partial charge in [-0.05, 0) is 93.0 Å². The first-order chi connectivity index (χ1) is 15.4. The summed E-state index contributed by atoms with van der Waals surface area (Å²) in [6.45, 7) is 3.15. The number of ether oxygens (including phenoxy) is 2. The van der Waals surface area contributed by atoms with Crippen molar-refractivity contribution in [3.8, 4) is 11.5 Å². The fourth-order valence-electron chi connectivity index (χ4n) is 6.56. The third-order valence-corrected chi connectivity index (χ3v) is 8.13. The van der Waals surface area contributed by atoms with Gasteiger partial charge in [0.2, 0.25) is 0 Å². The summed E-state index contributed by atoms with van der Waals surface area (Å²) >= 11 is 12.8. The van der Waals surface area contributed by atoms with E-state index in [1.54, 1.807) is 12.1 Å². The van der Waals surface area contributed by atoms with Crippen LogP contribution in [0.1, 0.15) is 56.6 Å². The molecule has 6 heteroatoms. The van der Waals surface area contributed by atoms with Crippen LogP contribution in [0.4, 0.5) is 4.39 Å². The maximum absolute atomic E-state index is 14.1. The van der Waals surface area contributed by atoms with Gasteiger partial charge in [-0.3, -0.25) is 0 Å². The lowest BCUT2D eigenvalue weighted by Crippen LogP contribution is -2.58. The maximum atomic E-state index is 14.1. The highest BCUT2D eigenvalue weighted by atomic mass is 35.5. The first-order valence-corrected chi connectivity index (χ1v) is 12.5. The normalized spacial score (nSPS) is 28.2. The standard InChI is InChI=1S/C26H30Cl2FNO2/c1-2-31-24-10-19(14-30-26-11-16-6-17(12-26)8-18(7-16)13-26)9-22(28)25(24)32-15-20-21(27)4-3-5-23(20)29/h3-5,9-10,16-18,30H,2,6-8,11-15H2,1H3. The molecule has 32 heavy (non-hydrogen) atoms. The van der Waals surface area contributed by atoms with Crippen molar-refractivity contribution in [2.24, 2.45) is 17.8 Å². The number of rotatable bonds is 8. The van der Waals surface area contributed by atoms with Gasteiger partial charge in [0.1, 0.15) is 12.4 Å². The Balaban J connectivity index is 1.31. The molecule has 0 spiro atoms. The fraction of sp³-hybridized carbons (Fsp3) is 0.538. The molecule has 0 heterocycles. The lowest BCUT2D eigenvalue weighted by atomic mass is 9.53. The van der Waals surface area contributed by atoms with Crippen LogP contribution in [0, 0.1) is 23.6 Å². The Morgan fingerprint density at radius 3 is 2.31 bits per heavy atom. The second-order valence-electron chi connectivity index (χ2n) is 9.88. The van der Waals surface area contributed by atoms with Gasteiger partial charge in [0.25, 0.3) is 0 Å². The van der Waals surface area contributed by atoms with E-state index in [-0.39, 0.29) is 12.1 Å². The molecule has 172 valence electrons. The molecule has 4 aliphatic carbocycles. The van der Waals surface area contributed by atoms with Gasteiger partial charge in [0.15, 0.2) is 11.5 Å². The lowest BCUT2D eigenvalue weighted by Gasteiger charge is -2.57. The minimum Gasteiger partial charge on any atom is -0.490 e. The molecule has 4 bridgehead atoms. The molecule has 0 saturated heterocycles. The van der Waals surface area contributed by atoms with Crippen molar-refractivity contribution in [1.82, 2.24) is 5.32 Å². The van der Waals surface area contributed by atoms with Gasteiger partial charge in [0, 0.05) is 17.6 Å². The number of benzene rings is 2. The van der Waals surface area contributed by atoms with Gasteiger partial charge in [-0.25, -0.2) is 4.39 Å². The predicted molar refractivity (Wildman–Crippen MR) is 126 cm³/mol. The van der Waals surface area contributed by atoms with E-state index >= 15 is 0 Å². The van der Waals surface area contributed by atoms with Crippen LogP contribution in [-0.2, 0) is 13.2 Å². The zero-order valence-electron chi connectivity index (χ0n) is 18.4. The molecule has 4 fully saturated rings. The van der Waals surface area contributed by atoms with E-state index in [9.17, 15) is 4.39 Å². The molecule has 0 unspecified atom stereocenters. The lowest BCUT2D eigenvalue weighted by molar-refractivity contribution is -0.0206. The van der Waals surface area contributed by atoms with Gasteiger partial charge in [-0.1, -0.05) is 29.3 Å². The number of hydrogen-bond donors (Lipinski definition) is 1. The van der Waals surface area contributed by atoms with E-state index in [0.29, 0.717) is 33.7 Å². The molecule has 2 aromatic carbocycles. The Labute approximate surface area is 199 Å². The number of hydrogen-bond acceptors (Lipinski definition) is 3. The smallest absolute Gasteiger partial charge is 0.180 e. The van der Waals surface area contributed by atoms with Crippen molar-refractivity contribution < 1.29 is 13.9 Å². The minimum atomic E-state index is -0.400. The molecule has 4 aliphatic rings. The second-order valence-corrected chi connectivity index (χ2v) is 10.7. The molecule has 0 atom stereocenters. The van der Waals surface area contributed by atoms with Crippen molar-refractivity contribution >= 4 is 23.2 Å². The van der Waals surface area contributed by atoms with Crippen molar-refractivity contribution in [3.63, 3.8) is 0 Å². The van der Waals surface area contributed by atoms with E-state index in [4.69, 9.17) is 32.7 Å². The van der Waals surface area contributed by atoms with Crippen LogP contribution in [0.5, 0.6) is 11.5 Å². The summed E-state index contributed by atoms with van der Waals surface area (Å²) in [5, 5.41) is 4.70. The van der Waals surface area contributed by atoms with Crippen LogP contribution in [0.25, 0.3) is 0 Å². The van der Waals surface area contributed by atoms with Crippen LogP contribution in [0.3, 0.4) is 0 Å². The van der Waals surface area contributed by atoms with E-state index in [1.807, 2.05) is 19.1 Å². The summed E-state index contributed by atoms with van der Waals surface area (Å²) in [6.07, 6.45) is 8.19. The molecule has 3 nitrogen and oxygen atoms in total. The highest BCUT2D eigenvalue weighted by Gasteiger charge is 2.50. The monoisotopic (exact) mass is 477 g/mol. The Hall–Kier alpha value is -1.49. The molecule has 4 saturated carbocycles. The average molecular weight is 478 g/mol. The van der Waals surface area contributed by atoms with Gasteiger partial charge in [-0.15, -0.1) is 0 Å². The van der Waals surface area contributed by atoms with Crippen LogP contribution >= 0.6 is 23.2 Å². The zero-order chi connectivity index (χ0) is 22.3. The van der Waals surface area contributed by atoms with Crippen molar-refractivity contribution in [2.45, 2.75) is 64.1 Å². The molecule has 6 rings (SSSR count). The van der Waals surface area contributed by atoms with Crippen LogP contribution in [0.2, 0.25) is 10.0 Å². The Kier molecular flexibility index (Phi) is 6.30. The highest BCUT2D eigenvalue weighted by molar-refractivity contribution is 6.32. The first kappa shape index (κ1) is 22.3. The molecule has 0 radical (unpaired) electrons. The van der Waals surface area contributed by atoms with E-state index in [0.717, 1.165) is 29.9 Å². The summed E-state index contributed by atoms with van der Waals surface area (Å²) in [5.74, 6) is 3.30. The van der Waals surface area contributed by atoms with Crippen molar-refractivity contribution in [1.29, 1.82) is 0 Å². The van der Waals surface area contributed by atoms with Crippen LogP contribution < -0.4 is 14.8 Å².